The van der Waals surface area contributed by atoms with Crippen LogP contribution < -0.4 is 10.6 Å². The molecule has 1 saturated heterocycles. The van der Waals surface area contributed by atoms with Crippen molar-refractivity contribution >= 4 is 17.3 Å². The highest BCUT2D eigenvalue weighted by atomic mass is 32.1. The van der Waals surface area contributed by atoms with Gasteiger partial charge in [-0.3, -0.25) is 9.89 Å². The number of hydrogen-bond acceptors (Lipinski definition) is 4. The Morgan fingerprint density at radius 2 is 2.19 bits per heavy atom. The maximum absolute atomic E-state index is 12.6. The second-order valence-corrected chi connectivity index (χ2v) is 7.89. The molecule has 0 saturated carbocycles. The largest absolute Gasteiger partial charge is 0.434 e. The molecule has 1 fully saturated rings. The molecule has 1 aliphatic heterocycles. The molecule has 2 rings (SSSR count). The van der Waals surface area contributed by atoms with Crippen LogP contribution in [0.5, 0.6) is 0 Å². The van der Waals surface area contributed by atoms with Gasteiger partial charge in [-0.15, -0.1) is 11.3 Å². The minimum atomic E-state index is -4.37. The summed E-state index contributed by atoms with van der Waals surface area (Å²) < 4.78 is 37.8. The second kappa shape index (κ2) is 10.3. The summed E-state index contributed by atoms with van der Waals surface area (Å²) >= 11 is 1.04. The van der Waals surface area contributed by atoms with Crippen molar-refractivity contribution in [3.8, 4) is 0 Å². The first kappa shape index (κ1) is 21.9. The third kappa shape index (κ3) is 6.95. The molecular weight excluding hydrogens is 375 g/mol. The fraction of sp³-hybridized carbons (Fsp3) is 0.778. The van der Waals surface area contributed by atoms with Crippen molar-refractivity contribution in [1.29, 1.82) is 0 Å². The maximum atomic E-state index is 12.6. The highest BCUT2D eigenvalue weighted by Gasteiger charge is 2.33. The Bertz CT molecular complexity index is 602. The summed E-state index contributed by atoms with van der Waals surface area (Å²) in [6, 6.07) is 0.955. The van der Waals surface area contributed by atoms with E-state index in [0.717, 1.165) is 29.8 Å². The molecule has 2 heterocycles. The van der Waals surface area contributed by atoms with Gasteiger partial charge in [-0.1, -0.05) is 6.42 Å². The van der Waals surface area contributed by atoms with Crippen molar-refractivity contribution in [1.82, 2.24) is 20.5 Å². The number of piperidine rings is 1. The average molecular weight is 406 g/mol. The smallest absolute Gasteiger partial charge is 0.357 e. The summed E-state index contributed by atoms with van der Waals surface area (Å²) in [6.07, 6.45) is -0.167. The van der Waals surface area contributed by atoms with Crippen LogP contribution in [0.25, 0.3) is 0 Å². The molecule has 0 aromatic carbocycles. The molecule has 0 spiro atoms. The molecule has 0 amide bonds. The Labute approximate surface area is 163 Å². The van der Waals surface area contributed by atoms with Crippen LogP contribution in [0, 0.1) is 0 Å². The van der Waals surface area contributed by atoms with Crippen LogP contribution in [0.4, 0.5) is 13.2 Å². The van der Waals surface area contributed by atoms with Gasteiger partial charge in [0.1, 0.15) is 0 Å². The van der Waals surface area contributed by atoms with Gasteiger partial charge in [0, 0.05) is 37.0 Å². The zero-order valence-corrected chi connectivity index (χ0v) is 17.1. The number of likely N-dealkylation sites (tertiary alicyclic amines) is 1. The number of halogens is 3. The average Bonchev–Trinajstić information content (AvgIpc) is 3.09. The monoisotopic (exact) mass is 405 g/mol. The van der Waals surface area contributed by atoms with Crippen LogP contribution in [0.1, 0.15) is 50.7 Å². The van der Waals surface area contributed by atoms with Gasteiger partial charge in [-0.2, -0.15) is 13.2 Å². The number of rotatable bonds is 7. The van der Waals surface area contributed by atoms with E-state index in [4.69, 9.17) is 0 Å². The van der Waals surface area contributed by atoms with Crippen LogP contribution in [0.15, 0.2) is 10.4 Å². The zero-order chi connectivity index (χ0) is 19.9. The minimum absolute atomic E-state index is 0.365. The number of thiazole rings is 1. The Hall–Kier alpha value is -1.35. The molecule has 0 aliphatic carbocycles. The summed E-state index contributed by atoms with van der Waals surface area (Å²) in [6.45, 7) is 9.49. The molecule has 0 radical (unpaired) electrons. The number of nitrogens with one attached hydrogen (secondary N) is 2. The fourth-order valence-electron chi connectivity index (χ4n) is 3.29. The van der Waals surface area contributed by atoms with Crippen molar-refractivity contribution in [2.45, 2.75) is 64.7 Å². The van der Waals surface area contributed by atoms with Gasteiger partial charge < -0.3 is 10.6 Å². The molecule has 2 atom stereocenters. The van der Waals surface area contributed by atoms with Gasteiger partial charge in [0.15, 0.2) is 11.7 Å². The summed E-state index contributed by atoms with van der Waals surface area (Å²) in [7, 11) is 0. The van der Waals surface area contributed by atoms with Gasteiger partial charge in [-0.25, -0.2) is 4.98 Å². The van der Waals surface area contributed by atoms with Crippen molar-refractivity contribution < 1.29 is 13.2 Å². The molecule has 9 heteroatoms. The van der Waals surface area contributed by atoms with Gasteiger partial charge in [0.05, 0.1) is 11.6 Å². The number of hydrogen-bond donors (Lipinski definition) is 2. The van der Waals surface area contributed by atoms with Crippen LogP contribution in [-0.2, 0) is 12.6 Å². The topological polar surface area (TPSA) is 52.6 Å². The lowest BCUT2D eigenvalue weighted by Gasteiger charge is -2.37. The van der Waals surface area contributed by atoms with E-state index in [1.54, 1.807) is 0 Å². The number of alkyl halides is 3. The third-order valence-corrected chi connectivity index (χ3v) is 5.66. The molecule has 5 nitrogen and oxygen atoms in total. The molecule has 1 aromatic heterocycles. The summed E-state index contributed by atoms with van der Waals surface area (Å²) in [5, 5.41) is 7.92. The fourth-order valence-corrected chi connectivity index (χ4v) is 4.09. The number of aromatic nitrogens is 1. The van der Waals surface area contributed by atoms with Crippen molar-refractivity contribution in [3.63, 3.8) is 0 Å². The molecule has 1 aliphatic rings. The quantitative estimate of drug-likeness (QED) is 0.538. The molecule has 1 aromatic rings. The van der Waals surface area contributed by atoms with Crippen LogP contribution in [0.3, 0.4) is 0 Å². The maximum Gasteiger partial charge on any atom is 0.434 e. The van der Waals surface area contributed by atoms with Crippen molar-refractivity contribution in [3.05, 3.63) is 16.1 Å². The summed E-state index contributed by atoms with van der Waals surface area (Å²) in [5.41, 5.74) is -0.812. The normalized spacial score (nSPS) is 20.5. The first-order valence-corrected chi connectivity index (χ1v) is 10.5. The lowest BCUT2D eigenvalue weighted by molar-refractivity contribution is -0.140. The lowest BCUT2D eigenvalue weighted by Crippen LogP contribution is -2.45. The third-order valence-electron chi connectivity index (χ3n) is 4.75. The van der Waals surface area contributed by atoms with Gasteiger partial charge in [-0.05, 0) is 40.2 Å². The van der Waals surface area contributed by atoms with Gasteiger partial charge in [0.2, 0.25) is 0 Å². The standard InChI is InChI=1S/C18H30F3N5S/c1-4-22-17(24-11-14(3)26-10-6-5-7-13(26)2)23-9-8-16-25-15(12-27-16)18(19,20)21/h12-14H,4-11H2,1-3H3,(H2,22,23,24). The zero-order valence-electron chi connectivity index (χ0n) is 16.3. The lowest BCUT2D eigenvalue weighted by atomic mass is 10.0. The Morgan fingerprint density at radius 1 is 1.41 bits per heavy atom. The Kier molecular flexibility index (Phi) is 8.34. The molecule has 2 N–H and O–H groups in total. The highest BCUT2D eigenvalue weighted by Crippen LogP contribution is 2.30. The molecular formula is C18H30F3N5S. The molecule has 2 unspecified atom stereocenters. The number of guanidine groups is 1. The second-order valence-electron chi connectivity index (χ2n) is 6.95. The molecule has 0 bridgehead atoms. The van der Waals surface area contributed by atoms with Gasteiger partial charge >= 0.3 is 6.18 Å². The minimum Gasteiger partial charge on any atom is -0.357 e. The molecule has 154 valence electrons. The van der Waals surface area contributed by atoms with E-state index in [0.29, 0.717) is 42.6 Å². The summed E-state index contributed by atoms with van der Waals surface area (Å²) in [5.74, 6) is 0.696. The Balaban J connectivity index is 1.83. The van der Waals surface area contributed by atoms with E-state index in [-0.39, 0.29) is 0 Å². The SMILES string of the molecule is CCNC(=NCC(C)N1CCCCC1C)NCCc1nc(C(F)(F)F)cs1. The highest BCUT2D eigenvalue weighted by molar-refractivity contribution is 7.09. The van der Waals surface area contributed by atoms with E-state index >= 15 is 0 Å². The van der Waals surface area contributed by atoms with Gasteiger partial charge in [0.25, 0.3) is 0 Å². The first-order chi connectivity index (χ1) is 12.8. The summed E-state index contributed by atoms with van der Waals surface area (Å²) in [4.78, 5) is 10.8. The van der Waals surface area contributed by atoms with E-state index in [1.165, 1.54) is 19.3 Å². The van der Waals surface area contributed by atoms with E-state index in [1.807, 2.05) is 6.92 Å². The van der Waals surface area contributed by atoms with E-state index in [9.17, 15) is 13.2 Å². The van der Waals surface area contributed by atoms with Crippen molar-refractivity contribution in [2.24, 2.45) is 4.99 Å². The van der Waals surface area contributed by atoms with E-state index in [2.05, 4.69) is 39.4 Å². The first-order valence-electron chi connectivity index (χ1n) is 9.60. The number of aliphatic imine (C=N–C) groups is 1. The predicted octanol–water partition coefficient (Wildman–Crippen LogP) is 3.52. The Morgan fingerprint density at radius 3 is 2.81 bits per heavy atom. The van der Waals surface area contributed by atoms with Crippen LogP contribution in [-0.4, -0.2) is 54.1 Å². The predicted molar refractivity (Wildman–Crippen MR) is 104 cm³/mol. The van der Waals surface area contributed by atoms with Crippen LogP contribution in [0.2, 0.25) is 0 Å². The van der Waals surface area contributed by atoms with Crippen LogP contribution >= 0.6 is 11.3 Å². The van der Waals surface area contributed by atoms with E-state index < -0.39 is 11.9 Å². The number of nitrogens with zero attached hydrogens (tertiary/aromatic N) is 3. The van der Waals surface area contributed by atoms with Crippen molar-refractivity contribution in [2.75, 3.05) is 26.2 Å². The molecule has 27 heavy (non-hydrogen) atoms.